The fraction of sp³-hybridized carbons (Fsp3) is 0.810. The second-order valence-corrected chi connectivity index (χ2v) is 9.39. The maximum atomic E-state index is 12.2. The predicted molar refractivity (Wildman–Crippen MR) is 121 cm³/mol. The molecule has 14 atom stereocenters. The summed E-state index contributed by atoms with van der Waals surface area (Å²) in [5.41, 5.74) is 4.62. The lowest BCUT2D eigenvalue weighted by Crippen LogP contribution is -2.65. The van der Waals surface area contributed by atoms with Crippen molar-refractivity contribution in [3.63, 3.8) is 0 Å². The number of anilines is 1. The number of aromatic nitrogens is 2. The SMILES string of the molecule is Nc1ccn([C@@H]2O[C@H](CO)[C@@H](O[C@@H]3O[C@H](CO)[C@H](O[C@@H]4O[C@H](CO)[C@H](O)[C@H](O)[C@H]4O)[C@H](O)[C@H]3O)[C@@H]2O)c(=O)n1. The largest absolute Gasteiger partial charge is 0.394 e. The van der Waals surface area contributed by atoms with Crippen LogP contribution in [0, 0.1) is 0 Å². The zero-order chi connectivity index (χ0) is 28.6. The Kier molecular flexibility index (Phi) is 9.51. The van der Waals surface area contributed by atoms with Gasteiger partial charge in [0.2, 0.25) is 0 Å². The van der Waals surface area contributed by atoms with E-state index in [0.717, 1.165) is 4.57 Å². The summed E-state index contributed by atoms with van der Waals surface area (Å²) in [6.07, 6.45) is -21.2. The monoisotopic (exact) mass is 567 g/mol. The molecular weight excluding hydrogens is 534 g/mol. The Labute approximate surface area is 219 Å². The van der Waals surface area contributed by atoms with Crippen molar-refractivity contribution in [1.82, 2.24) is 9.55 Å². The van der Waals surface area contributed by atoms with Crippen LogP contribution in [0.2, 0.25) is 0 Å². The van der Waals surface area contributed by atoms with Crippen molar-refractivity contribution in [1.29, 1.82) is 0 Å². The molecule has 1 aromatic heterocycles. The van der Waals surface area contributed by atoms with Crippen LogP contribution in [0.15, 0.2) is 17.1 Å². The molecule has 0 aliphatic carbocycles. The van der Waals surface area contributed by atoms with Crippen LogP contribution >= 0.6 is 0 Å². The highest BCUT2D eigenvalue weighted by atomic mass is 16.7. The number of nitrogen functional groups attached to an aromatic ring is 1. The van der Waals surface area contributed by atoms with Gasteiger partial charge < -0.3 is 75.4 Å². The summed E-state index contributed by atoms with van der Waals surface area (Å²) in [6.45, 7) is -2.24. The van der Waals surface area contributed by atoms with Crippen LogP contribution in [0.25, 0.3) is 0 Å². The lowest BCUT2D eigenvalue weighted by molar-refractivity contribution is -0.364. The van der Waals surface area contributed by atoms with Crippen LogP contribution < -0.4 is 11.4 Å². The molecule has 0 radical (unpaired) electrons. The topological polar surface area (TPSA) is 289 Å². The van der Waals surface area contributed by atoms with Gasteiger partial charge in [-0.05, 0) is 6.07 Å². The number of nitrogens with two attached hydrogens (primary N) is 1. The van der Waals surface area contributed by atoms with Crippen LogP contribution in [0.4, 0.5) is 5.82 Å². The summed E-state index contributed by atoms with van der Waals surface area (Å²) in [4.78, 5) is 15.8. The molecular formula is C21H33N3O15. The van der Waals surface area contributed by atoms with Crippen molar-refractivity contribution in [3.05, 3.63) is 22.7 Å². The van der Waals surface area contributed by atoms with E-state index < -0.39 is 111 Å². The molecule has 39 heavy (non-hydrogen) atoms. The van der Waals surface area contributed by atoms with Crippen LogP contribution in [0.1, 0.15) is 6.23 Å². The van der Waals surface area contributed by atoms with Crippen LogP contribution in [-0.4, -0.2) is 155 Å². The van der Waals surface area contributed by atoms with Crippen molar-refractivity contribution in [3.8, 4) is 0 Å². The van der Waals surface area contributed by atoms with E-state index in [-0.39, 0.29) is 5.82 Å². The molecule has 3 aliphatic rings. The van der Waals surface area contributed by atoms with Gasteiger partial charge in [0, 0.05) is 6.20 Å². The molecule has 18 heteroatoms. The van der Waals surface area contributed by atoms with Gasteiger partial charge in [-0.25, -0.2) is 4.79 Å². The van der Waals surface area contributed by atoms with E-state index in [4.69, 9.17) is 29.4 Å². The molecule has 11 N–H and O–H groups in total. The highest BCUT2D eigenvalue weighted by Crippen LogP contribution is 2.35. The Morgan fingerprint density at radius 3 is 1.82 bits per heavy atom. The van der Waals surface area contributed by atoms with Gasteiger partial charge in [-0.1, -0.05) is 0 Å². The first-order chi connectivity index (χ1) is 18.5. The molecule has 3 saturated heterocycles. The molecule has 4 heterocycles. The zero-order valence-corrected chi connectivity index (χ0v) is 20.3. The van der Waals surface area contributed by atoms with E-state index in [1.54, 1.807) is 0 Å². The minimum Gasteiger partial charge on any atom is -0.394 e. The molecule has 0 saturated carbocycles. The summed E-state index contributed by atoms with van der Waals surface area (Å²) in [5, 5.41) is 91.4. The van der Waals surface area contributed by atoms with Gasteiger partial charge in [-0.15, -0.1) is 0 Å². The Balaban J connectivity index is 1.47. The third-order valence-electron chi connectivity index (χ3n) is 6.87. The Bertz CT molecular complexity index is 1010. The van der Waals surface area contributed by atoms with Crippen LogP contribution in [-0.2, 0) is 23.7 Å². The van der Waals surface area contributed by atoms with Gasteiger partial charge in [0.15, 0.2) is 18.8 Å². The third-order valence-corrected chi connectivity index (χ3v) is 6.87. The van der Waals surface area contributed by atoms with Crippen molar-refractivity contribution >= 4 is 5.82 Å². The van der Waals surface area contributed by atoms with E-state index in [9.17, 15) is 50.8 Å². The molecule has 0 aromatic carbocycles. The van der Waals surface area contributed by atoms with Crippen molar-refractivity contribution in [2.75, 3.05) is 25.6 Å². The number of hydrogen-bond donors (Lipinski definition) is 10. The van der Waals surface area contributed by atoms with E-state index in [2.05, 4.69) is 4.98 Å². The molecule has 222 valence electrons. The van der Waals surface area contributed by atoms with E-state index in [1.807, 2.05) is 0 Å². The van der Waals surface area contributed by atoms with Gasteiger partial charge >= 0.3 is 5.69 Å². The number of aliphatic hydroxyl groups is 9. The quantitative estimate of drug-likeness (QED) is 0.140. The fourth-order valence-corrected chi connectivity index (χ4v) is 4.71. The smallest absolute Gasteiger partial charge is 0.351 e. The first kappa shape index (κ1) is 30.1. The second-order valence-electron chi connectivity index (χ2n) is 9.39. The normalized spacial score (nSPS) is 44.9. The Morgan fingerprint density at radius 1 is 0.744 bits per heavy atom. The predicted octanol–water partition coefficient (Wildman–Crippen LogP) is -6.91. The second kappa shape index (κ2) is 12.3. The summed E-state index contributed by atoms with van der Waals surface area (Å²) < 4.78 is 28.4. The lowest BCUT2D eigenvalue weighted by Gasteiger charge is -2.46. The zero-order valence-electron chi connectivity index (χ0n) is 20.3. The molecule has 0 unspecified atom stereocenters. The summed E-state index contributed by atoms with van der Waals surface area (Å²) in [6, 6.07) is 1.28. The summed E-state index contributed by atoms with van der Waals surface area (Å²) in [7, 11) is 0. The standard InChI is InChI=1S/C21H33N3O15/c22-9-1-2-24(21(34)23-9)18-15(33)17(7(4-26)35-18)39-20-14(32)12(30)16(8(5-27)37-20)38-19-13(31)11(29)10(28)6(3-25)36-19/h1-2,6-8,10-20,25-33H,3-5H2,(H2,22,23,34)/t6-,7-,8-,10+,11+,12-,13-,14-,15+,16+,17-,18-,19+,20+/m1/s1. The maximum Gasteiger partial charge on any atom is 0.351 e. The van der Waals surface area contributed by atoms with Gasteiger partial charge in [-0.2, -0.15) is 4.98 Å². The molecule has 1 aromatic rings. The Morgan fingerprint density at radius 2 is 1.26 bits per heavy atom. The average molecular weight is 568 g/mol. The number of hydrogen-bond acceptors (Lipinski definition) is 17. The highest BCUT2D eigenvalue weighted by Gasteiger charge is 2.53. The lowest BCUT2D eigenvalue weighted by atomic mass is 9.97. The van der Waals surface area contributed by atoms with Crippen molar-refractivity contribution < 1.29 is 69.6 Å². The first-order valence-corrected chi connectivity index (χ1v) is 12.0. The fourth-order valence-electron chi connectivity index (χ4n) is 4.71. The van der Waals surface area contributed by atoms with Crippen molar-refractivity contribution in [2.24, 2.45) is 0 Å². The first-order valence-electron chi connectivity index (χ1n) is 12.0. The number of ether oxygens (including phenoxy) is 5. The molecule has 4 rings (SSSR count). The summed E-state index contributed by atoms with van der Waals surface area (Å²) in [5.74, 6) is -0.0708. The molecule has 18 nitrogen and oxygen atoms in total. The average Bonchev–Trinajstić information content (AvgIpc) is 3.22. The third kappa shape index (κ3) is 5.80. The number of aliphatic hydroxyl groups excluding tert-OH is 9. The molecule has 3 fully saturated rings. The van der Waals surface area contributed by atoms with Gasteiger partial charge in [0.1, 0.15) is 73.0 Å². The van der Waals surface area contributed by atoms with Gasteiger partial charge in [0.25, 0.3) is 0 Å². The molecule has 0 amide bonds. The summed E-state index contributed by atoms with van der Waals surface area (Å²) >= 11 is 0. The van der Waals surface area contributed by atoms with Gasteiger partial charge in [-0.3, -0.25) is 4.57 Å². The van der Waals surface area contributed by atoms with Gasteiger partial charge in [0.05, 0.1) is 19.8 Å². The molecule has 3 aliphatic heterocycles. The van der Waals surface area contributed by atoms with E-state index in [0.29, 0.717) is 0 Å². The number of nitrogens with zero attached hydrogens (tertiary/aromatic N) is 2. The van der Waals surface area contributed by atoms with Crippen LogP contribution in [0.3, 0.4) is 0 Å². The van der Waals surface area contributed by atoms with Crippen LogP contribution in [0.5, 0.6) is 0 Å². The molecule has 0 bridgehead atoms. The highest BCUT2D eigenvalue weighted by molar-refractivity contribution is 5.23. The minimum atomic E-state index is -1.89. The minimum absolute atomic E-state index is 0.0708. The number of rotatable bonds is 8. The Hall–Kier alpha value is -1.88. The van der Waals surface area contributed by atoms with Crippen molar-refractivity contribution in [2.45, 2.75) is 86.0 Å². The molecule has 0 spiro atoms. The van der Waals surface area contributed by atoms with E-state index >= 15 is 0 Å². The maximum absolute atomic E-state index is 12.2. The van der Waals surface area contributed by atoms with E-state index in [1.165, 1.54) is 12.3 Å².